The molecule has 0 bridgehead atoms. The number of anilines is 1. The number of hydrogen-bond acceptors (Lipinski definition) is 7. The summed E-state index contributed by atoms with van der Waals surface area (Å²) in [6.07, 6.45) is -2.52. The topological polar surface area (TPSA) is 92.2 Å². The average molecular weight is 739 g/mol. The number of pyridine rings is 1. The first-order valence-corrected chi connectivity index (χ1v) is 11.8. The predicted octanol–water partition coefficient (Wildman–Crippen LogP) is 3.14. The van der Waals surface area contributed by atoms with Gasteiger partial charge in [0.05, 0.1) is 17.3 Å². The van der Waals surface area contributed by atoms with Crippen molar-refractivity contribution < 1.29 is 44.3 Å². The molecule has 1 atom stereocenters. The van der Waals surface area contributed by atoms with E-state index in [9.17, 15) is 18.0 Å². The van der Waals surface area contributed by atoms with E-state index in [0.717, 1.165) is 24.6 Å². The zero-order valence-corrected chi connectivity index (χ0v) is 25.2. The summed E-state index contributed by atoms with van der Waals surface area (Å²) in [4.78, 5) is 22.5. The van der Waals surface area contributed by atoms with Crippen LogP contribution in [0.25, 0.3) is 0 Å². The minimum atomic E-state index is -4.74. The fraction of sp³-hybridized carbons (Fsp3) is 0.520. The molecule has 0 saturated carbocycles. The maximum absolute atomic E-state index is 13.6. The molecule has 2 aromatic rings. The Kier molecular flexibility index (Phi) is 8.83. The number of halogens is 3. The standard InChI is InChI=1S/C25H29F3N7O.U/c1-16(34-9-11-35(12-10-34)19-6-5-17(14-29)15-30-19)7-8-33(4)22-21-18(13-24(22,2)3)20(25(26,27)28)23(36)32-31-21;/h1,5-6,15,22H,7-13H2,2-4H3,(H,32,36);/q-1;. The Labute approximate surface area is 237 Å². The van der Waals surface area contributed by atoms with Crippen LogP contribution in [-0.4, -0.2) is 64.8 Å². The summed E-state index contributed by atoms with van der Waals surface area (Å²) in [6, 6.07) is 5.25. The number of rotatable bonds is 6. The molecule has 12 heteroatoms. The van der Waals surface area contributed by atoms with Crippen LogP contribution >= 0.6 is 0 Å². The largest absolute Gasteiger partial charge is 0.493 e. The van der Waals surface area contributed by atoms with E-state index in [1.165, 1.54) is 0 Å². The van der Waals surface area contributed by atoms with Crippen molar-refractivity contribution in [2.24, 2.45) is 5.41 Å². The molecule has 196 valence electrons. The van der Waals surface area contributed by atoms with Crippen LogP contribution in [0.3, 0.4) is 0 Å². The molecule has 0 amide bonds. The van der Waals surface area contributed by atoms with Crippen molar-refractivity contribution in [1.82, 2.24) is 25.0 Å². The van der Waals surface area contributed by atoms with Crippen LogP contribution in [0.1, 0.15) is 48.7 Å². The fourth-order valence-corrected chi connectivity index (χ4v) is 5.37. The molecule has 3 heterocycles. The van der Waals surface area contributed by atoms with Gasteiger partial charge < -0.3 is 16.4 Å². The number of nitrogens with zero attached hydrogens (tertiary/aromatic N) is 6. The van der Waals surface area contributed by atoms with Crippen LogP contribution < -0.4 is 10.5 Å². The number of nitrogens with one attached hydrogen (secondary N) is 1. The van der Waals surface area contributed by atoms with E-state index in [4.69, 9.17) is 11.8 Å². The molecule has 1 saturated heterocycles. The number of H-pyrrole nitrogens is 1. The van der Waals surface area contributed by atoms with Crippen molar-refractivity contribution in [3.63, 3.8) is 0 Å². The van der Waals surface area contributed by atoms with E-state index in [-0.39, 0.29) is 48.8 Å². The van der Waals surface area contributed by atoms with Crippen LogP contribution in [0.15, 0.2) is 28.8 Å². The van der Waals surface area contributed by atoms with Gasteiger partial charge in [0.25, 0.3) is 5.56 Å². The first-order valence-electron chi connectivity index (χ1n) is 11.8. The molecule has 1 aliphatic carbocycles. The molecule has 2 aliphatic rings. The third-order valence-electron chi connectivity index (χ3n) is 7.08. The second-order valence-electron chi connectivity index (χ2n) is 10.1. The van der Waals surface area contributed by atoms with Crippen LogP contribution in [0.4, 0.5) is 19.0 Å². The van der Waals surface area contributed by atoms with Crippen molar-refractivity contribution in [2.45, 2.75) is 38.9 Å². The summed E-state index contributed by atoms with van der Waals surface area (Å²) in [5.41, 5.74) is -1.39. The van der Waals surface area contributed by atoms with Gasteiger partial charge >= 0.3 is 6.18 Å². The molecule has 37 heavy (non-hydrogen) atoms. The summed E-state index contributed by atoms with van der Waals surface area (Å²) in [6.45, 7) is 13.6. The molecule has 0 spiro atoms. The molecule has 8 nitrogen and oxygen atoms in total. The number of fused-ring (bicyclic) bond motifs is 1. The molecular formula is C25H29F3N7OU-. The second kappa shape index (κ2) is 11.2. The van der Waals surface area contributed by atoms with Gasteiger partial charge in [-0.1, -0.05) is 13.8 Å². The minimum Gasteiger partial charge on any atom is -0.493 e. The first kappa shape index (κ1) is 29.2. The van der Waals surface area contributed by atoms with Gasteiger partial charge in [-0.3, -0.25) is 9.69 Å². The summed E-state index contributed by atoms with van der Waals surface area (Å²) in [5, 5.41) is 15.0. The van der Waals surface area contributed by atoms with Gasteiger partial charge in [-0.2, -0.15) is 29.2 Å². The molecule has 0 radical (unpaired) electrons. The Balaban J connectivity index is 0.00000380. The first-order chi connectivity index (χ1) is 16.9. The summed E-state index contributed by atoms with van der Waals surface area (Å²) >= 11 is 0. The van der Waals surface area contributed by atoms with Crippen LogP contribution in [0.5, 0.6) is 0 Å². The zero-order chi connectivity index (χ0) is 26.3. The number of aromatic nitrogens is 3. The second-order valence-corrected chi connectivity index (χ2v) is 10.1. The Morgan fingerprint density at radius 2 is 1.97 bits per heavy atom. The molecule has 4 rings (SSSR count). The molecule has 1 aliphatic heterocycles. The number of hydrogen-bond donors (Lipinski definition) is 1. The SMILES string of the molecule is [CH-]=C(CCN(C)C1c2n[nH]c(=O)c(C(F)(F)F)c2CC1(C)C)N1CCN(c2ccc(C#N)cn2)CC1.[U]. The van der Waals surface area contributed by atoms with E-state index in [1.54, 1.807) is 12.3 Å². The number of piperazine rings is 1. The summed E-state index contributed by atoms with van der Waals surface area (Å²) in [5.74, 6) is 0.817. The Morgan fingerprint density at radius 3 is 2.54 bits per heavy atom. The third-order valence-corrected chi connectivity index (χ3v) is 7.08. The van der Waals surface area contributed by atoms with Gasteiger partial charge in [0.2, 0.25) is 0 Å². The van der Waals surface area contributed by atoms with Gasteiger partial charge in [0.15, 0.2) is 0 Å². The van der Waals surface area contributed by atoms with Gasteiger partial charge in [0.1, 0.15) is 17.5 Å². The maximum atomic E-state index is 13.6. The van der Waals surface area contributed by atoms with Gasteiger partial charge in [0, 0.05) is 70.0 Å². The smallest absolute Gasteiger partial charge is 0.422 e. The van der Waals surface area contributed by atoms with Crippen molar-refractivity contribution in [1.29, 1.82) is 5.26 Å². The van der Waals surface area contributed by atoms with Crippen molar-refractivity contribution in [3.8, 4) is 6.07 Å². The van der Waals surface area contributed by atoms with Crippen LogP contribution in [0.2, 0.25) is 0 Å². The molecular weight excluding hydrogens is 709 g/mol. The summed E-state index contributed by atoms with van der Waals surface area (Å²) < 4.78 is 40.8. The van der Waals surface area contributed by atoms with Gasteiger partial charge in [-0.25, -0.2) is 10.1 Å². The van der Waals surface area contributed by atoms with E-state index in [1.807, 2.05) is 31.9 Å². The van der Waals surface area contributed by atoms with E-state index >= 15 is 0 Å². The Hall–Kier alpha value is -2.34. The molecule has 1 N–H and O–H groups in total. The fourth-order valence-electron chi connectivity index (χ4n) is 5.37. The van der Waals surface area contributed by atoms with Crippen molar-refractivity contribution in [2.75, 3.05) is 44.7 Å². The van der Waals surface area contributed by atoms with Crippen molar-refractivity contribution >= 4 is 5.82 Å². The monoisotopic (exact) mass is 738 g/mol. The number of alkyl halides is 3. The number of aromatic amines is 1. The molecule has 0 aromatic carbocycles. The number of nitriles is 1. The summed E-state index contributed by atoms with van der Waals surface area (Å²) in [7, 11) is 1.85. The average Bonchev–Trinajstić information content (AvgIpc) is 3.10. The van der Waals surface area contributed by atoms with Gasteiger partial charge in [-0.05, 0) is 43.0 Å². The Bertz CT molecular complexity index is 1230. The van der Waals surface area contributed by atoms with Crippen molar-refractivity contribution in [3.05, 3.63) is 63.3 Å². The third kappa shape index (κ3) is 6.05. The molecule has 1 fully saturated rings. The van der Waals surface area contributed by atoms with E-state index in [2.05, 4.69) is 31.1 Å². The molecule has 1 unspecified atom stereocenters. The van der Waals surface area contributed by atoms with Crippen LogP contribution in [-0.2, 0) is 12.6 Å². The molecule has 2 aromatic heterocycles. The van der Waals surface area contributed by atoms with E-state index < -0.39 is 28.8 Å². The predicted molar refractivity (Wildman–Crippen MR) is 128 cm³/mol. The normalized spacial score (nSPS) is 18.8. The Morgan fingerprint density at radius 1 is 1.30 bits per heavy atom. The van der Waals surface area contributed by atoms with Gasteiger partial charge in [-0.15, -0.1) is 0 Å². The zero-order valence-electron chi connectivity index (χ0n) is 21.1. The van der Waals surface area contributed by atoms with Crippen LogP contribution in [0, 0.1) is 54.4 Å². The minimum absolute atomic E-state index is 0. The van der Waals surface area contributed by atoms with E-state index in [0.29, 0.717) is 31.6 Å². The quantitative estimate of drug-likeness (QED) is 0.456. The maximum Gasteiger partial charge on any atom is 0.422 e.